The maximum Gasteiger partial charge on any atom is 0.310 e. The maximum absolute atomic E-state index is 11.7. The van der Waals surface area contributed by atoms with Gasteiger partial charge in [0.05, 0.1) is 12.1 Å². The summed E-state index contributed by atoms with van der Waals surface area (Å²) in [4.78, 5) is 15.9. The third-order valence-corrected chi connectivity index (χ3v) is 2.88. The lowest BCUT2D eigenvalue weighted by Gasteiger charge is -2.07. The van der Waals surface area contributed by atoms with Gasteiger partial charge >= 0.3 is 5.97 Å². The Morgan fingerprint density at radius 2 is 2.05 bits per heavy atom. The number of ether oxygens (including phenoxy) is 1. The molecule has 1 aromatic carbocycles. The van der Waals surface area contributed by atoms with Crippen molar-refractivity contribution in [3.63, 3.8) is 0 Å². The van der Waals surface area contributed by atoms with E-state index in [4.69, 9.17) is 10.5 Å². The zero-order valence-electron chi connectivity index (χ0n) is 10.8. The van der Waals surface area contributed by atoms with Crippen LogP contribution in [0.4, 0.5) is 5.69 Å². The van der Waals surface area contributed by atoms with E-state index in [0.717, 1.165) is 16.8 Å². The molecule has 4 heteroatoms. The number of carbonyl (C=O) groups is 1. The normalized spacial score (nSPS) is 10.2. The number of aromatic nitrogens is 1. The van der Waals surface area contributed by atoms with Crippen LogP contribution < -0.4 is 5.73 Å². The Morgan fingerprint density at radius 3 is 2.79 bits per heavy atom. The summed E-state index contributed by atoms with van der Waals surface area (Å²) in [5, 5.41) is 0. The zero-order valence-corrected chi connectivity index (χ0v) is 10.8. The number of para-hydroxylation sites is 1. The number of hydrogen-bond acceptors (Lipinski definition) is 4. The molecule has 0 fully saturated rings. The minimum absolute atomic E-state index is 0.179. The van der Waals surface area contributed by atoms with E-state index in [9.17, 15) is 4.79 Å². The first-order valence-corrected chi connectivity index (χ1v) is 6.06. The lowest BCUT2D eigenvalue weighted by molar-refractivity contribution is -0.144. The molecule has 98 valence electrons. The highest BCUT2D eigenvalue weighted by Gasteiger charge is 2.08. The highest BCUT2D eigenvalue weighted by Crippen LogP contribution is 2.12. The number of pyridine rings is 1. The topological polar surface area (TPSA) is 65.2 Å². The van der Waals surface area contributed by atoms with Gasteiger partial charge in [-0.05, 0) is 30.2 Å². The van der Waals surface area contributed by atoms with Crippen LogP contribution in [0, 0.1) is 6.92 Å². The van der Waals surface area contributed by atoms with Gasteiger partial charge in [0.1, 0.15) is 6.61 Å². The first-order valence-electron chi connectivity index (χ1n) is 6.06. The number of anilines is 1. The van der Waals surface area contributed by atoms with Gasteiger partial charge < -0.3 is 10.5 Å². The molecule has 0 saturated carbocycles. The third kappa shape index (κ3) is 3.55. The summed E-state index contributed by atoms with van der Waals surface area (Å²) in [6.45, 7) is 2.13. The van der Waals surface area contributed by atoms with E-state index in [1.165, 1.54) is 0 Å². The van der Waals surface area contributed by atoms with Gasteiger partial charge in [-0.2, -0.15) is 0 Å². The number of nitrogens with two attached hydrogens (primary N) is 1. The van der Waals surface area contributed by atoms with Crippen molar-refractivity contribution in [3.8, 4) is 0 Å². The van der Waals surface area contributed by atoms with Gasteiger partial charge in [-0.3, -0.25) is 9.78 Å². The third-order valence-electron chi connectivity index (χ3n) is 2.88. The predicted octanol–water partition coefficient (Wildman–Crippen LogP) is 2.26. The summed E-state index contributed by atoms with van der Waals surface area (Å²) < 4.78 is 5.21. The molecular weight excluding hydrogens is 240 g/mol. The Bertz CT molecular complexity index is 582. The Balaban J connectivity index is 1.92. The van der Waals surface area contributed by atoms with Gasteiger partial charge in [0.25, 0.3) is 0 Å². The lowest BCUT2D eigenvalue weighted by atomic mass is 10.1. The second-order valence-corrected chi connectivity index (χ2v) is 4.30. The van der Waals surface area contributed by atoms with Crippen LogP contribution >= 0.6 is 0 Å². The van der Waals surface area contributed by atoms with Crippen molar-refractivity contribution in [2.75, 3.05) is 5.73 Å². The number of benzene rings is 1. The summed E-state index contributed by atoms with van der Waals surface area (Å²) in [5.41, 5.74) is 8.95. The molecule has 0 unspecified atom stereocenters. The van der Waals surface area contributed by atoms with Gasteiger partial charge in [0.15, 0.2) is 0 Å². The fourth-order valence-electron chi connectivity index (χ4n) is 1.72. The molecule has 0 atom stereocenters. The number of nitrogen functional groups attached to an aromatic ring is 1. The van der Waals surface area contributed by atoms with Crippen molar-refractivity contribution >= 4 is 11.7 Å². The molecule has 19 heavy (non-hydrogen) atoms. The summed E-state index contributed by atoms with van der Waals surface area (Å²) in [6, 6.07) is 11.1. The van der Waals surface area contributed by atoms with Gasteiger partial charge in [-0.1, -0.05) is 24.3 Å². The van der Waals surface area contributed by atoms with Crippen LogP contribution in [0.2, 0.25) is 0 Å². The molecule has 0 spiro atoms. The van der Waals surface area contributed by atoms with Gasteiger partial charge in [-0.15, -0.1) is 0 Å². The van der Waals surface area contributed by atoms with E-state index in [0.29, 0.717) is 5.69 Å². The van der Waals surface area contributed by atoms with Crippen LogP contribution in [0.15, 0.2) is 42.6 Å². The largest absolute Gasteiger partial charge is 0.459 e. The average molecular weight is 256 g/mol. The first-order chi connectivity index (χ1) is 9.16. The molecule has 4 nitrogen and oxygen atoms in total. The van der Waals surface area contributed by atoms with Crippen LogP contribution in [0.25, 0.3) is 0 Å². The van der Waals surface area contributed by atoms with Crippen LogP contribution in [0.5, 0.6) is 0 Å². The average Bonchev–Trinajstić information content (AvgIpc) is 2.40. The van der Waals surface area contributed by atoms with Crippen LogP contribution in [0.3, 0.4) is 0 Å². The number of rotatable bonds is 4. The minimum atomic E-state index is -0.303. The number of aryl methyl sites for hydroxylation is 1. The molecule has 2 rings (SSSR count). The first kappa shape index (κ1) is 13.1. The minimum Gasteiger partial charge on any atom is -0.459 e. The fraction of sp³-hybridized carbons (Fsp3) is 0.200. The molecule has 0 saturated heterocycles. The summed E-state index contributed by atoms with van der Waals surface area (Å²) in [5.74, 6) is -0.303. The van der Waals surface area contributed by atoms with Crippen molar-refractivity contribution in [3.05, 3.63) is 59.4 Å². The molecule has 2 aromatic rings. The van der Waals surface area contributed by atoms with E-state index >= 15 is 0 Å². The number of esters is 1. The van der Waals surface area contributed by atoms with Crippen LogP contribution in [-0.2, 0) is 22.6 Å². The van der Waals surface area contributed by atoms with Crippen molar-refractivity contribution in [2.24, 2.45) is 0 Å². The Hall–Kier alpha value is -2.36. The molecule has 0 aliphatic heterocycles. The Labute approximate surface area is 112 Å². The second kappa shape index (κ2) is 6.00. The monoisotopic (exact) mass is 256 g/mol. The molecule has 2 N–H and O–H groups in total. The molecule has 0 amide bonds. The van der Waals surface area contributed by atoms with Crippen LogP contribution in [-0.4, -0.2) is 11.0 Å². The molecule has 1 aromatic heterocycles. The SMILES string of the molecule is Cc1cccnc1COC(=O)Cc1ccccc1N. The molecule has 0 radical (unpaired) electrons. The van der Waals surface area contributed by atoms with E-state index in [1.807, 2.05) is 37.3 Å². The van der Waals surface area contributed by atoms with Crippen molar-refractivity contribution in [2.45, 2.75) is 20.0 Å². The Kier molecular flexibility index (Phi) is 4.13. The van der Waals surface area contributed by atoms with Gasteiger partial charge in [-0.25, -0.2) is 0 Å². The smallest absolute Gasteiger partial charge is 0.310 e. The highest BCUT2D eigenvalue weighted by atomic mass is 16.5. The maximum atomic E-state index is 11.7. The van der Waals surface area contributed by atoms with E-state index < -0.39 is 0 Å². The van der Waals surface area contributed by atoms with E-state index in [2.05, 4.69) is 4.98 Å². The zero-order chi connectivity index (χ0) is 13.7. The van der Waals surface area contributed by atoms with Crippen LogP contribution in [0.1, 0.15) is 16.8 Å². The molecule has 0 aliphatic rings. The lowest BCUT2D eigenvalue weighted by Crippen LogP contribution is -2.10. The van der Waals surface area contributed by atoms with Gasteiger partial charge in [0, 0.05) is 11.9 Å². The van der Waals surface area contributed by atoms with E-state index in [1.54, 1.807) is 12.3 Å². The van der Waals surface area contributed by atoms with Crippen molar-refractivity contribution < 1.29 is 9.53 Å². The number of hydrogen-bond donors (Lipinski definition) is 1. The fourth-order valence-corrected chi connectivity index (χ4v) is 1.72. The summed E-state index contributed by atoms with van der Waals surface area (Å²) in [7, 11) is 0. The standard InChI is InChI=1S/C15H16N2O2/c1-11-5-4-8-17-14(11)10-19-15(18)9-12-6-2-3-7-13(12)16/h2-8H,9-10,16H2,1H3. The number of nitrogens with zero attached hydrogens (tertiary/aromatic N) is 1. The molecular formula is C15H16N2O2. The molecule has 0 bridgehead atoms. The van der Waals surface area contributed by atoms with Crippen molar-refractivity contribution in [1.29, 1.82) is 0 Å². The predicted molar refractivity (Wildman–Crippen MR) is 73.3 cm³/mol. The van der Waals surface area contributed by atoms with Crippen molar-refractivity contribution in [1.82, 2.24) is 4.98 Å². The quantitative estimate of drug-likeness (QED) is 0.673. The summed E-state index contributed by atoms with van der Waals surface area (Å²) >= 11 is 0. The highest BCUT2D eigenvalue weighted by molar-refractivity contribution is 5.74. The van der Waals surface area contributed by atoms with E-state index in [-0.39, 0.29) is 19.0 Å². The molecule has 1 heterocycles. The van der Waals surface area contributed by atoms with Gasteiger partial charge in [0.2, 0.25) is 0 Å². The number of carbonyl (C=O) groups excluding carboxylic acids is 1. The Morgan fingerprint density at radius 1 is 1.26 bits per heavy atom. The molecule has 0 aliphatic carbocycles. The summed E-state index contributed by atoms with van der Waals surface area (Å²) in [6.07, 6.45) is 1.86. The second-order valence-electron chi connectivity index (χ2n) is 4.30.